The molecule has 0 saturated heterocycles. The van der Waals surface area contributed by atoms with Gasteiger partial charge in [-0.2, -0.15) is 0 Å². The number of carbonyl (C=O) groups excluding carboxylic acids is 1. The number of nitrogens with zero attached hydrogens (tertiary/aromatic N) is 1. The van der Waals surface area contributed by atoms with Crippen molar-refractivity contribution in [1.29, 1.82) is 0 Å². The highest BCUT2D eigenvalue weighted by atomic mass is 19.1. The van der Waals surface area contributed by atoms with E-state index in [4.69, 9.17) is 4.74 Å². The summed E-state index contributed by atoms with van der Waals surface area (Å²) in [4.78, 5) is 16.1. The highest BCUT2D eigenvalue weighted by molar-refractivity contribution is 5.99. The van der Waals surface area contributed by atoms with Gasteiger partial charge in [0.1, 0.15) is 18.2 Å². The van der Waals surface area contributed by atoms with Gasteiger partial charge >= 0.3 is 6.03 Å². The third-order valence-corrected chi connectivity index (χ3v) is 3.39. The molecule has 3 rings (SSSR count). The number of benzene rings is 2. The Morgan fingerprint density at radius 1 is 0.962 bits per heavy atom. The molecule has 0 aliphatic rings. The normalized spacial score (nSPS) is 10.2. The molecule has 26 heavy (non-hydrogen) atoms. The predicted octanol–water partition coefficient (Wildman–Crippen LogP) is 4.58. The van der Waals surface area contributed by atoms with Crippen LogP contribution in [0.25, 0.3) is 0 Å². The summed E-state index contributed by atoms with van der Waals surface area (Å²) in [7, 11) is 0. The second-order valence-corrected chi connectivity index (χ2v) is 5.35. The van der Waals surface area contributed by atoms with Crippen LogP contribution in [0, 0.1) is 11.6 Å². The molecule has 0 bridgehead atoms. The fourth-order valence-corrected chi connectivity index (χ4v) is 2.18. The predicted molar refractivity (Wildman–Crippen MR) is 94.0 cm³/mol. The van der Waals surface area contributed by atoms with Crippen molar-refractivity contribution >= 4 is 17.5 Å². The highest BCUT2D eigenvalue weighted by Crippen LogP contribution is 2.22. The standard InChI is InChI=1S/C19H15F2N3O2/c20-14-8-6-13(7-9-14)12-26-17-5-2-10-22-18(17)24-19(25)23-16-4-1-3-15(21)11-16/h1-11H,12H2,(H2,22,23,24,25). The molecule has 0 unspecified atom stereocenters. The van der Waals surface area contributed by atoms with Crippen molar-refractivity contribution in [2.45, 2.75) is 6.61 Å². The number of hydrogen-bond acceptors (Lipinski definition) is 3. The molecule has 1 aromatic heterocycles. The number of rotatable bonds is 5. The molecule has 0 aliphatic heterocycles. The summed E-state index contributed by atoms with van der Waals surface area (Å²) in [5.41, 5.74) is 1.08. The molecule has 7 heteroatoms. The van der Waals surface area contributed by atoms with Crippen molar-refractivity contribution in [1.82, 2.24) is 4.98 Å². The van der Waals surface area contributed by atoms with E-state index in [0.717, 1.165) is 5.56 Å². The van der Waals surface area contributed by atoms with E-state index in [0.29, 0.717) is 11.4 Å². The van der Waals surface area contributed by atoms with Gasteiger partial charge < -0.3 is 10.1 Å². The van der Waals surface area contributed by atoms with E-state index in [1.54, 1.807) is 30.3 Å². The first-order chi connectivity index (χ1) is 12.6. The molecule has 2 aromatic carbocycles. The minimum Gasteiger partial charge on any atom is -0.485 e. The second kappa shape index (κ2) is 8.06. The van der Waals surface area contributed by atoms with Crippen LogP contribution in [0.5, 0.6) is 5.75 Å². The molecular formula is C19H15F2N3O2. The molecule has 0 spiro atoms. The second-order valence-electron chi connectivity index (χ2n) is 5.35. The first-order valence-corrected chi connectivity index (χ1v) is 7.76. The monoisotopic (exact) mass is 355 g/mol. The van der Waals surface area contributed by atoms with E-state index in [2.05, 4.69) is 15.6 Å². The lowest BCUT2D eigenvalue weighted by Gasteiger charge is -2.12. The lowest BCUT2D eigenvalue weighted by molar-refractivity contribution is 0.261. The number of nitrogens with one attached hydrogen (secondary N) is 2. The van der Waals surface area contributed by atoms with Crippen molar-refractivity contribution in [3.05, 3.63) is 84.1 Å². The van der Waals surface area contributed by atoms with Crippen LogP contribution < -0.4 is 15.4 Å². The van der Waals surface area contributed by atoms with Crippen LogP contribution in [0.4, 0.5) is 25.1 Å². The SMILES string of the molecule is O=C(Nc1cccc(F)c1)Nc1ncccc1OCc1ccc(F)cc1. The number of ether oxygens (including phenoxy) is 1. The first-order valence-electron chi connectivity index (χ1n) is 7.76. The summed E-state index contributed by atoms with van der Waals surface area (Å²) in [6.07, 6.45) is 1.50. The number of carbonyl (C=O) groups is 1. The van der Waals surface area contributed by atoms with E-state index < -0.39 is 11.8 Å². The topological polar surface area (TPSA) is 63.2 Å². The average molecular weight is 355 g/mol. The van der Waals surface area contributed by atoms with E-state index in [1.807, 2.05) is 0 Å². The van der Waals surface area contributed by atoms with Gasteiger partial charge in [0.15, 0.2) is 11.6 Å². The minimum absolute atomic E-state index is 0.187. The van der Waals surface area contributed by atoms with E-state index in [1.165, 1.54) is 36.5 Å². The minimum atomic E-state index is -0.582. The number of amides is 2. The van der Waals surface area contributed by atoms with Crippen molar-refractivity contribution in [2.75, 3.05) is 10.6 Å². The Bertz CT molecular complexity index is 901. The Hall–Kier alpha value is -3.48. The zero-order chi connectivity index (χ0) is 18.4. The highest BCUT2D eigenvalue weighted by Gasteiger charge is 2.10. The lowest BCUT2D eigenvalue weighted by atomic mass is 10.2. The van der Waals surface area contributed by atoms with E-state index in [-0.39, 0.29) is 18.2 Å². The quantitative estimate of drug-likeness (QED) is 0.704. The fourth-order valence-electron chi connectivity index (χ4n) is 2.18. The molecule has 0 fully saturated rings. The van der Waals surface area contributed by atoms with Gasteiger partial charge in [0.25, 0.3) is 0 Å². The number of hydrogen-bond donors (Lipinski definition) is 2. The molecule has 0 saturated carbocycles. The third kappa shape index (κ3) is 4.76. The van der Waals surface area contributed by atoms with E-state index in [9.17, 15) is 13.6 Å². The lowest BCUT2D eigenvalue weighted by Crippen LogP contribution is -2.20. The van der Waals surface area contributed by atoms with E-state index >= 15 is 0 Å². The Morgan fingerprint density at radius 2 is 1.77 bits per heavy atom. The number of anilines is 2. The summed E-state index contributed by atoms with van der Waals surface area (Å²) in [6.45, 7) is 0.187. The Kier molecular flexibility index (Phi) is 5.38. The fraction of sp³-hybridized carbons (Fsp3) is 0.0526. The molecule has 1 heterocycles. The van der Waals surface area contributed by atoms with Crippen LogP contribution in [-0.4, -0.2) is 11.0 Å². The molecule has 0 aliphatic carbocycles. The van der Waals surface area contributed by atoms with Crippen LogP contribution in [-0.2, 0) is 6.61 Å². The number of aromatic nitrogens is 1. The summed E-state index contributed by atoms with van der Waals surface area (Å²) in [5.74, 6) is -0.217. The summed E-state index contributed by atoms with van der Waals surface area (Å²) >= 11 is 0. The smallest absolute Gasteiger partial charge is 0.324 e. The Morgan fingerprint density at radius 3 is 2.54 bits per heavy atom. The van der Waals surface area contributed by atoms with Crippen LogP contribution >= 0.6 is 0 Å². The van der Waals surface area contributed by atoms with Gasteiger partial charge in [-0.3, -0.25) is 5.32 Å². The largest absolute Gasteiger partial charge is 0.485 e. The molecule has 3 aromatic rings. The number of halogens is 2. The van der Waals surface area contributed by atoms with Crippen LogP contribution in [0.3, 0.4) is 0 Å². The number of urea groups is 1. The van der Waals surface area contributed by atoms with Gasteiger partial charge in [-0.15, -0.1) is 0 Å². The first kappa shape index (κ1) is 17.3. The van der Waals surface area contributed by atoms with Gasteiger partial charge in [-0.05, 0) is 48.0 Å². The van der Waals surface area contributed by atoms with Gasteiger partial charge in [0.2, 0.25) is 0 Å². The molecule has 0 atom stereocenters. The van der Waals surface area contributed by atoms with Crippen LogP contribution in [0.15, 0.2) is 66.9 Å². The number of pyridine rings is 1. The van der Waals surface area contributed by atoms with Crippen molar-refractivity contribution < 1.29 is 18.3 Å². The molecule has 2 amide bonds. The maximum Gasteiger partial charge on any atom is 0.324 e. The Balaban J connectivity index is 1.64. The van der Waals surface area contributed by atoms with Gasteiger partial charge in [0, 0.05) is 11.9 Å². The van der Waals surface area contributed by atoms with Crippen LogP contribution in [0.2, 0.25) is 0 Å². The van der Waals surface area contributed by atoms with Crippen molar-refractivity contribution in [3.63, 3.8) is 0 Å². The van der Waals surface area contributed by atoms with Crippen molar-refractivity contribution in [2.24, 2.45) is 0 Å². The van der Waals surface area contributed by atoms with Gasteiger partial charge in [-0.1, -0.05) is 18.2 Å². The summed E-state index contributed by atoms with van der Waals surface area (Å²) in [5, 5.41) is 5.07. The van der Waals surface area contributed by atoms with Crippen LogP contribution in [0.1, 0.15) is 5.56 Å². The Labute approximate surface area is 148 Å². The maximum absolute atomic E-state index is 13.2. The zero-order valence-corrected chi connectivity index (χ0v) is 13.6. The van der Waals surface area contributed by atoms with Crippen molar-refractivity contribution in [3.8, 4) is 5.75 Å². The summed E-state index contributed by atoms with van der Waals surface area (Å²) < 4.78 is 31.7. The molecule has 2 N–H and O–H groups in total. The summed E-state index contributed by atoms with van der Waals surface area (Å²) in [6, 6.07) is 14.2. The zero-order valence-electron chi connectivity index (χ0n) is 13.6. The molecule has 0 radical (unpaired) electrons. The molecule has 132 valence electrons. The molecule has 5 nitrogen and oxygen atoms in total. The van der Waals surface area contributed by atoms with Gasteiger partial charge in [0.05, 0.1) is 0 Å². The third-order valence-electron chi connectivity index (χ3n) is 3.39. The maximum atomic E-state index is 13.2. The van der Waals surface area contributed by atoms with Gasteiger partial charge in [-0.25, -0.2) is 18.6 Å². The molecular weight excluding hydrogens is 340 g/mol. The average Bonchev–Trinajstić information content (AvgIpc) is 2.62.